The Hall–Kier alpha value is -1.08. The maximum absolute atomic E-state index is 12.7. The molecule has 1 fully saturated rings. The molecule has 2 N–H and O–H groups in total. The number of halogens is 3. The van der Waals surface area contributed by atoms with Crippen LogP contribution in [-0.4, -0.2) is 23.7 Å². The zero-order chi connectivity index (χ0) is 15.5. The van der Waals surface area contributed by atoms with Crippen molar-refractivity contribution < 1.29 is 23.1 Å². The summed E-state index contributed by atoms with van der Waals surface area (Å²) in [5.41, 5.74) is 0.706. The molecule has 0 saturated heterocycles. The predicted octanol–water partition coefficient (Wildman–Crippen LogP) is 3.27. The number of carbonyl (C=O) groups excluding carboxylic acids is 1. The zero-order valence-corrected chi connectivity index (χ0v) is 12.2. The summed E-state index contributed by atoms with van der Waals surface area (Å²) in [4.78, 5) is 12.0. The molecule has 2 rings (SSSR count). The van der Waals surface area contributed by atoms with E-state index >= 15 is 0 Å². The number of thiophene rings is 1. The van der Waals surface area contributed by atoms with E-state index in [0.29, 0.717) is 18.4 Å². The molecule has 3 unspecified atom stereocenters. The third-order valence-corrected chi connectivity index (χ3v) is 4.61. The van der Waals surface area contributed by atoms with E-state index in [2.05, 4.69) is 5.32 Å². The number of alkyl halides is 3. The average molecular weight is 321 g/mol. The van der Waals surface area contributed by atoms with E-state index in [1.54, 1.807) is 11.4 Å². The van der Waals surface area contributed by atoms with Crippen molar-refractivity contribution in [2.45, 2.75) is 38.0 Å². The molecule has 1 aliphatic carbocycles. The Morgan fingerprint density at radius 2 is 2.24 bits per heavy atom. The minimum Gasteiger partial charge on any atom is -0.387 e. The molecule has 1 aromatic rings. The van der Waals surface area contributed by atoms with Crippen molar-refractivity contribution >= 4 is 17.2 Å². The molecule has 1 aromatic heterocycles. The van der Waals surface area contributed by atoms with Gasteiger partial charge in [-0.15, -0.1) is 0 Å². The second-order valence-electron chi connectivity index (χ2n) is 5.42. The third kappa shape index (κ3) is 4.44. The Balaban J connectivity index is 1.83. The lowest BCUT2D eigenvalue weighted by molar-refractivity contribution is -0.186. The van der Waals surface area contributed by atoms with Crippen LogP contribution in [0.5, 0.6) is 0 Å². The lowest BCUT2D eigenvalue weighted by Crippen LogP contribution is -2.38. The Morgan fingerprint density at radius 1 is 1.48 bits per heavy atom. The highest BCUT2D eigenvalue weighted by atomic mass is 32.1. The topological polar surface area (TPSA) is 49.3 Å². The minimum absolute atomic E-state index is 0.0305. The molecular formula is C14H18F3NO2S. The fourth-order valence-electron chi connectivity index (χ4n) is 2.65. The Labute approximate surface area is 125 Å². The van der Waals surface area contributed by atoms with Gasteiger partial charge in [-0.3, -0.25) is 4.79 Å². The van der Waals surface area contributed by atoms with Crippen molar-refractivity contribution in [3.8, 4) is 0 Å². The van der Waals surface area contributed by atoms with Crippen LogP contribution in [0.25, 0.3) is 0 Å². The average Bonchev–Trinajstić information content (AvgIpc) is 2.98. The van der Waals surface area contributed by atoms with Gasteiger partial charge in [0.1, 0.15) is 0 Å². The highest BCUT2D eigenvalue weighted by Gasteiger charge is 2.43. The highest BCUT2D eigenvalue weighted by molar-refractivity contribution is 7.07. The number of aliphatic hydroxyl groups excluding tert-OH is 1. The summed E-state index contributed by atoms with van der Waals surface area (Å²) in [5, 5.41) is 16.0. The number of carbonyl (C=O) groups is 1. The second kappa shape index (κ2) is 6.79. The monoisotopic (exact) mass is 321 g/mol. The molecule has 7 heteroatoms. The van der Waals surface area contributed by atoms with Crippen molar-refractivity contribution in [3.05, 3.63) is 22.4 Å². The van der Waals surface area contributed by atoms with Gasteiger partial charge in [0.15, 0.2) is 0 Å². The number of nitrogens with one attached hydrogen (secondary N) is 1. The van der Waals surface area contributed by atoms with E-state index in [0.717, 1.165) is 0 Å². The first-order valence-corrected chi connectivity index (χ1v) is 7.86. The minimum atomic E-state index is -4.23. The van der Waals surface area contributed by atoms with Crippen molar-refractivity contribution in [3.63, 3.8) is 0 Å². The van der Waals surface area contributed by atoms with Crippen molar-refractivity contribution in [1.29, 1.82) is 0 Å². The molecule has 0 bridgehead atoms. The summed E-state index contributed by atoms with van der Waals surface area (Å²) >= 11 is 1.44. The molecule has 0 radical (unpaired) electrons. The van der Waals surface area contributed by atoms with Crippen LogP contribution in [-0.2, 0) is 4.79 Å². The summed E-state index contributed by atoms with van der Waals surface area (Å²) in [6.07, 6.45) is -4.20. The largest absolute Gasteiger partial charge is 0.391 e. The van der Waals surface area contributed by atoms with Crippen molar-refractivity contribution in [2.75, 3.05) is 6.54 Å². The maximum atomic E-state index is 12.7. The van der Waals surface area contributed by atoms with Crippen LogP contribution >= 0.6 is 11.3 Å². The van der Waals surface area contributed by atoms with E-state index in [4.69, 9.17) is 0 Å². The zero-order valence-electron chi connectivity index (χ0n) is 11.4. The first kappa shape index (κ1) is 16.3. The van der Waals surface area contributed by atoms with Gasteiger partial charge >= 0.3 is 6.18 Å². The fourth-order valence-corrected chi connectivity index (χ4v) is 3.36. The fraction of sp³-hybridized carbons (Fsp3) is 0.643. The van der Waals surface area contributed by atoms with Gasteiger partial charge in [-0.2, -0.15) is 24.5 Å². The molecule has 3 atom stereocenters. The molecule has 1 saturated carbocycles. The Bertz CT molecular complexity index is 461. The maximum Gasteiger partial charge on any atom is 0.391 e. The van der Waals surface area contributed by atoms with Crippen LogP contribution in [0.4, 0.5) is 13.2 Å². The molecule has 0 aromatic carbocycles. The van der Waals surface area contributed by atoms with Crippen LogP contribution in [0.1, 0.15) is 37.4 Å². The smallest absolute Gasteiger partial charge is 0.387 e. The molecule has 118 valence electrons. The van der Waals surface area contributed by atoms with Gasteiger partial charge in [0.05, 0.1) is 12.0 Å². The molecule has 3 nitrogen and oxygen atoms in total. The first-order valence-electron chi connectivity index (χ1n) is 6.92. The molecule has 0 aliphatic heterocycles. The van der Waals surface area contributed by atoms with Crippen LogP contribution in [0.2, 0.25) is 0 Å². The third-order valence-electron chi connectivity index (χ3n) is 3.91. The molecule has 0 spiro atoms. The molecule has 1 heterocycles. The van der Waals surface area contributed by atoms with Crippen LogP contribution in [0.3, 0.4) is 0 Å². The van der Waals surface area contributed by atoms with Gasteiger partial charge in [0, 0.05) is 12.5 Å². The molecule has 21 heavy (non-hydrogen) atoms. The van der Waals surface area contributed by atoms with E-state index in [-0.39, 0.29) is 19.4 Å². The SMILES string of the molecule is O=C(NCC(O)c1ccsc1)C1CCCC(C(F)(F)F)C1. The molecular weight excluding hydrogens is 303 g/mol. The summed E-state index contributed by atoms with van der Waals surface area (Å²) in [6, 6.07) is 1.75. The van der Waals surface area contributed by atoms with Gasteiger partial charge < -0.3 is 10.4 Å². The predicted molar refractivity (Wildman–Crippen MR) is 73.8 cm³/mol. The normalized spacial score (nSPS) is 24.6. The van der Waals surface area contributed by atoms with Gasteiger partial charge in [-0.25, -0.2) is 0 Å². The summed E-state index contributed by atoms with van der Waals surface area (Å²) in [6.45, 7) is 0.0305. The van der Waals surface area contributed by atoms with E-state index in [1.807, 2.05) is 5.38 Å². The summed E-state index contributed by atoms with van der Waals surface area (Å²) in [5.74, 6) is -2.39. The Kier molecular flexibility index (Phi) is 5.27. The van der Waals surface area contributed by atoms with E-state index in [9.17, 15) is 23.1 Å². The van der Waals surface area contributed by atoms with Crippen LogP contribution in [0, 0.1) is 11.8 Å². The standard InChI is InChI=1S/C14H18F3NO2S/c15-14(16,17)11-3-1-2-9(6-11)13(20)18-7-12(19)10-4-5-21-8-10/h4-5,8-9,11-12,19H,1-3,6-7H2,(H,18,20). The summed E-state index contributed by atoms with van der Waals surface area (Å²) in [7, 11) is 0. The van der Waals surface area contributed by atoms with Gasteiger partial charge in [0.2, 0.25) is 5.91 Å². The van der Waals surface area contributed by atoms with E-state index in [1.165, 1.54) is 11.3 Å². The molecule has 1 aliphatic rings. The van der Waals surface area contributed by atoms with Gasteiger partial charge in [0.25, 0.3) is 0 Å². The lowest BCUT2D eigenvalue weighted by Gasteiger charge is -2.29. The Morgan fingerprint density at radius 3 is 2.86 bits per heavy atom. The van der Waals surface area contributed by atoms with Crippen LogP contribution in [0.15, 0.2) is 16.8 Å². The number of amides is 1. The van der Waals surface area contributed by atoms with Crippen molar-refractivity contribution in [2.24, 2.45) is 11.8 Å². The lowest BCUT2D eigenvalue weighted by atomic mass is 9.80. The number of rotatable bonds is 4. The summed E-state index contributed by atoms with van der Waals surface area (Å²) < 4.78 is 38.1. The highest BCUT2D eigenvalue weighted by Crippen LogP contribution is 2.39. The second-order valence-corrected chi connectivity index (χ2v) is 6.20. The quantitative estimate of drug-likeness (QED) is 0.894. The van der Waals surface area contributed by atoms with Gasteiger partial charge in [-0.1, -0.05) is 6.42 Å². The van der Waals surface area contributed by atoms with Crippen LogP contribution < -0.4 is 5.32 Å². The number of hydrogen-bond acceptors (Lipinski definition) is 3. The number of aliphatic hydroxyl groups is 1. The first-order chi connectivity index (χ1) is 9.88. The molecule has 1 amide bonds. The van der Waals surface area contributed by atoms with E-state index < -0.39 is 30.0 Å². The van der Waals surface area contributed by atoms with Crippen molar-refractivity contribution in [1.82, 2.24) is 5.32 Å². The number of hydrogen-bond donors (Lipinski definition) is 2. The van der Waals surface area contributed by atoms with Gasteiger partial charge in [-0.05, 0) is 41.7 Å².